The number of piperazine rings is 1. The van der Waals surface area contributed by atoms with Crippen LogP contribution in [0.15, 0.2) is 48.5 Å². The summed E-state index contributed by atoms with van der Waals surface area (Å²) >= 11 is 0. The second-order valence-electron chi connectivity index (χ2n) is 7.33. The number of benzene rings is 2. The Balaban J connectivity index is 1.70. The van der Waals surface area contributed by atoms with Gasteiger partial charge in [0.1, 0.15) is 0 Å². The van der Waals surface area contributed by atoms with Gasteiger partial charge in [0.05, 0.1) is 6.54 Å². The zero-order chi connectivity index (χ0) is 20.1. The number of nitrogens with zero attached hydrogens (tertiary/aromatic N) is 3. The van der Waals surface area contributed by atoms with Crippen LogP contribution in [0.5, 0.6) is 0 Å². The molecule has 28 heavy (non-hydrogen) atoms. The van der Waals surface area contributed by atoms with Gasteiger partial charge in [-0.1, -0.05) is 30.3 Å². The molecule has 148 valence electrons. The molecule has 6 heteroatoms. The lowest BCUT2D eigenvalue weighted by Gasteiger charge is -2.32. The van der Waals surface area contributed by atoms with Crippen LogP contribution in [-0.2, 0) is 11.3 Å². The maximum atomic E-state index is 12.7. The number of nitrogens with two attached hydrogens (primary N) is 1. The minimum Gasteiger partial charge on any atom is -0.340 e. The maximum absolute atomic E-state index is 12.7. The molecule has 1 heterocycles. The SMILES string of the molecule is CN1CCN(C(=O)c2ccc(-c3cccc(CN(C)C(=O)CN)c3)cc2)CC1. The Hall–Kier alpha value is -2.70. The highest BCUT2D eigenvalue weighted by Gasteiger charge is 2.20. The highest BCUT2D eigenvalue weighted by Crippen LogP contribution is 2.22. The molecule has 2 amide bonds. The first-order valence-corrected chi connectivity index (χ1v) is 9.59. The smallest absolute Gasteiger partial charge is 0.253 e. The standard InChI is InChI=1S/C22H28N4O2/c1-24-10-12-26(13-11-24)22(28)19-8-6-18(7-9-19)20-5-3-4-17(14-20)16-25(2)21(27)15-23/h3-9,14H,10-13,15-16,23H2,1-2H3. The van der Waals surface area contributed by atoms with Crippen molar-refractivity contribution in [3.05, 3.63) is 59.7 Å². The minimum absolute atomic E-state index is 0.0129. The molecule has 1 aliphatic heterocycles. The minimum atomic E-state index is -0.0859. The molecule has 1 aliphatic rings. The van der Waals surface area contributed by atoms with E-state index in [1.54, 1.807) is 11.9 Å². The molecule has 0 bridgehead atoms. The highest BCUT2D eigenvalue weighted by atomic mass is 16.2. The van der Waals surface area contributed by atoms with Crippen LogP contribution in [0.4, 0.5) is 0 Å². The Kier molecular flexibility index (Phi) is 6.44. The van der Waals surface area contributed by atoms with Crippen molar-refractivity contribution in [3.8, 4) is 11.1 Å². The fraction of sp³-hybridized carbons (Fsp3) is 0.364. The van der Waals surface area contributed by atoms with E-state index < -0.39 is 0 Å². The molecule has 0 aromatic heterocycles. The Morgan fingerprint density at radius 3 is 2.32 bits per heavy atom. The summed E-state index contributed by atoms with van der Waals surface area (Å²) in [6.45, 7) is 3.90. The largest absolute Gasteiger partial charge is 0.340 e. The van der Waals surface area contributed by atoms with Gasteiger partial charge in [-0.15, -0.1) is 0 Å². The molecule has 0 saturated carbocycles. The lowest BCUT2D eigenvalue weighted by molar-refractivity contribution is -0.128. The molecule has 0 unspecified atom stereocenters. The van der Waals surface area contributed by atoms with Crippen molar-refractivity contribution in [1.29, 1.82) is 0 Å². The second-order valence-corrected chi connectivity index (χ2v) is 7.33. The Bertz CT molecular complexity index is 827. The third-order valence-corrected chi connectivity index (χ3v) is 5.20. The van der Waals surface area contributed by atoms with Gasteiger partial charge in [0.2, 0.25) is 5.91 Å². The summed E-state index contributed by atoms with van der Waals surface area (Å²) in [6.07, 6.45) is 0. The molecule has 0 aliphatic carbocycles. The maximum Gasteiger partial charge on any atom is 0.253 e. The van der Waals surface area contributed by atoms with Gasteiger partial charge in [0, 0.05) is 45.3 Å². The van der Waals surface area contributed by atoms with E-state index >= 15 is 0 Å². The Morgan fingerprint density at radius 2 is 1.68 bits per heavy atom. The summed E-state index contributed by atoms with van der Waals surface area (Å²) in [5.74, 6) is 0.00694. The molecule has 1 fully saturated rings. The number of amides is 2. The molecule has 2 aromatic rings. The monoisotopic (exact) mass is 380 g/mol. The molecule has 0 radical (unpaired) electrons. The van der Waals surface area contributed by atoms with Crippen molar-refractivity contribution in [1.82, 2.24) is 14.7 Å². The summed E-state index contributed by atoms with van der Waals surface area (Å²) < 4.78 is 0. The van der Waals surface area contributed by atoms with Crippen LogP contribution in [0.1, 0.15) is 15.9 Å². The van der Waals surface area contributed by atoms with Gasteiger partial charge in [0.15, 0.2) is 0 Å². The van der Waals surface area contributed by atoms with E-state index in [0.717, 1.165) is 48.4 Å². The van der Waals surface area contributed by atoms with E-state index in [4.69, 9.17) is 5.73 Å². The van der Waals surface area contributed by atoms with Crippen molar-refractivity contribution >= 4 is 11.8 Å². The van der Waals surface area contributed by atoms with Gasteiger partial charge in [-0.05, 0) is 41.9 Å². The molecule has 6 nitrogen and oxygen atoms in total. The first-order chi connectivity index (χ1) is 13.5. The van der Waals surface area contributed by atoms with Crippen molar-refractivity contribution in [3.63, 3.8) is 0 Å². The molecule has 1 saturated heterocycles. The van der Waals surface area contributed by atoms with Crippen LogP contribution >= 0.6 is 0 Å². The van der Waals surface area contributed by atoms with E-state index in [0.29, 0.717) is 6.54 Å². The number of likely N-dealkylation sites (N-methyl/N-ethyl adjacent to an activating group) is 2. The molecule has 0 spiro atoms. The van der Waals surface area contributed by atoms with Gasteiger partial charge in [-0.25, -0.2) is 0 Å². The highest BCUT2D eigenvalue weighted by molar-refractivity contribution is 5.94. The van der Waals surface area contributed by atoms with Gasteiger partial charge in [-0.3, -0.25) is 9.59 Å². The fourth-order valence-electron chi connectivity index (χ4n) is 3.36. The van der Waals surface area contributed by atoms with Crippen molar-refractivity contribution in [2.75, 3.05) is 46.8 Å². The summed E-state index contributed by atoms with van der Waals surface area (Å²) in [6, 6.07) is 15.8. The molecular weight excluding hydrogens is 352 g/mol. The number of hydrogen-bond acceptors (Lipinski definition) is 4. The Morgan fingerprint density at radius 1 is 1.00 bits per heavy atom. The predicted octanol–water partition coefficient (Wildman–Crippen LogP) is 1.66. The lowest BCUT2D eigenvalue weighted by Crippen LogP contribution is -2.47. The molecule has 3 rings (SSSR count). The van der Waals surface area contributed by atoms with Crippen LogP contribution < -0.4 is 5.73 Å². The van der Waals surface area contributed by atoms with Crippen LogP contribution in [0, 0.1) is 0 Å². The average Bonchev–Trinajstić information content (AvgIpc) is 2.73. The second kappa shape index (κ2) is 8.99. The molecular formula is C22H28N4O2. The molecule has 0 atom stereocenters. The summed E-state index contributed by atoms with van der Waals surface area (Å²) in [5.41, 5.74) is 9.29. The fourth-order valence-corrected chi connectivity index (χ4v) is 3.36. The number of carbonyl (C=O) groups is 2. The first-order valence-electron chi connectivity index (χ1n) is 9.59. The number of rotatable bonds is 5. The molecule has 2 aromatic carbocycles. The average molecular weight is 380 g/mol. The third-order valence-electron chi connectivity index (χ3n) is 5.20. The number of hydrogen-bond donors (Lipinski definition) is 1. The van der Waals surface area contributed by atoms with Gasteiger partial charge < -0.3 is 20.4 Å². The summed E-state index contributed by atoms with van der Waals surface area (Å²) in [4.78, 5) is 30.1. The summed E-state index contributed by atoms with van der Waals surface area (Å²) in [5, 5.41) is 0. The zero-order valence-corrected chi connectivity index (χ0v) is 16.6. The first kappa shape index (κ1) is 20.0. The van der Waals surface area contributed by atoms with E-state index in [1.807, 2.05) is 47.4 Å². The van der Waals surface area contributed by atoms with Crippen LogP contribution in [-0.4, -0.2) is 73.3 Å². The normalized spacial score (nSPS) is 14.8. The van der Waals surface area contributed by atoms with Crippen LogP contribution in [0.25, 0.3) is 11.1 Å². The van der Waals surface area contributed by atoms with E-state index in [9.17, 15) is 9.59 Å². The topological polar surface area (TPSA) is 69.9 Å². The van der Waals surface area contributed by atoms with Gasteiger partial charge in [-0.2, -0.15) is 0 Å². The zero-order valence-electron chi connectivity index (χ0n) is 16.6. The van der Waals surface area contributed by atoms with Crippen molar-refractivity contribution < 1.29 is 9.59 Å². The van der Waals surface area contributed by atoms with Crippen LogP contribution in [0.2, 0.25) is 0 Å². The van der Waals surface area contributed by atoms with E-state index in [-0.39, 0.29) is 18.4 Å². The summed E-state index contributed by atoms with van der Waals surface area (Å²) in [7, 11) is 3.83. The Labute approximate surface area is 166 Å². The van der Waals surface area contributed by atoms with Crippen molar-refractivity contribution in [2.45, 2.75) is 6.54 Å². The predicted molar refractivity (Wildman–Crippen MR) is 111 cm³/mol. The van der Waals surface area contributed by atoms with Crippen LogP contribution in [0.3, 0.4) is 0 Å². The van der Waals surface area contributed by atoms with Gasteiger partial charge in [0.25, 0.3) is 5.91 Å². The molecule has 2 N–H and O–H groups in total. The van der Waals surface area contributed by atoms with E-state index in [2.05, 4.69) is 18.0 Å². The quantitative estimate of drug-likeness (QED) is 0.857. The van der Waals surface area contributed by atoms with Crippen molar-refractivity contribution in [2.24, 2.45) is 5.73 Å². The van der Waals surface area contributed by atoms with E-state index in [1.165, 1.54) is 0 Å². The lowest BCUT2D eigenvalue weighted by atomic mass is 10.0. The van der Waals surface area contributed by atoms with Gasteiger partial charge >= 0.3 is 0 Å². The number of carbonyl (C=O) groups excluding carboxylic acids is 2. The third kappa shape index (κ3) is 4.77.